The fourth-order valence-corrected chi connectivity index (χ4v) is 10.9. The Balaban J connectivity index is 1.67. The van der Waals surface area contributed by atoms with Gasteiger partial charge in [-0.2, -0.15) is 0 Å². The molecule has 10 heteroatoms. The van der Waals surface area contributed by atoms with Crippen LogP contribution in [0.3, 0.4) is 0 Å². The van der Waals surface area contributed by atoms with Crippen LogP contribution in [0.25, 0.3) is 0 Å². The summed E-state index contributed by atoms with van der Waals surface area (Å²) < 4.78 is 19.1. The first-order valence-corrected chi connectivity index (χ1v) is 19.8. The minimum Gasteiger partial charge on any atom is -0.462 e. The molecule has 0 radical (unpaired) electrons. The van der Waals surface area contributed by atoms with E-state index in [4.69, 9.17) is 31.4 Å². The lowest BCUT2D eigenvalue weighted by Crippen LogP contribution is -2.63. The number of nitrogens with two attached hydrogens (primary N) is 3. The second-order valence-corrected chi connectivity index (χ2v) is 16.6. The van der Waals surface area contributed by atoms with Crippen LogP contribution in [0.15, 0.2) is 0 Å². The molecule has 0 saturated heterocycles. The number of carbonyl (C=O) groups is 3. The van der Waals surface area contributed by atoms with Crippen LogP contribution in [-0.2, 0) is 28.6 Å². The Morgan fingerprint density at radius 2 is 1.41 bits per heavy atom. The Morgan fingerprint density at radius 1 is 0.796 bits per heavy atom. The molecule has 2 unspecified atom stereocenters. The molecule has 282 valence electrons. The van der Waals surface area contributed by atoms with E-state index in [-0.39, 0.29) is 70.7 Å². The van der Waals surface area contributed by atoms with Gasteiger partial charge in [0.25, 0.3) is 0 Å². The van der Waals surface area contributed by atoms with Crippen molar-refractivity contribution in [2.45, 2.75) is 142 Å². The molecule has 0 aliphatic heterocycles. The van der Waals surface area contributed by atoms with Crippen molar-refractivity contribution in [1.82, 2.24) is 4.90 Å². The summed E-state index contributed by atoms with van der Waals surface area (Å²) in [4.78, 5) is 41.7. The molecule has 6 N–H and O–H groups in total. The summed E-state index contributed by atoms with van der Waals surface area (Å²) in [6.07, 6.45) is 10.8. The van der Waals surface area contributed by atoms with Crippen LogP contribution in [0.4, 0.5) is 0 Å². The van der Waals surface area contributed by atoms with E-state index in [9.17, 15) is 14.4 Å². The van der Waals surface area contributed by atoms with Crippen molar-refractivity contribution in [2.75, 3.05) is 39.8 Å². The highest BCUT2D eigenvalue weighted by atomic mass is 16.6. The maximum Gasteiger partial charge on any atom is 0.306 e. The number of fused-ring (bicyclic) bond motifs is 5. The number of carbonyl (C=O) groups excluding carboxylic acids is 3. The Bertz CT molecular complexity index is 1090. The smallest absolute Gasteiger partial charge is 0.306 e. The van der Waals surface area contributed by atoms with Gasteiger partial charge < -0.3 is 36.3 Å². The van der Waals surface area contributed by atoms with E-state index in [1.54, 1.807) is 0 Å². The zero-order valence-electron chi connectivity index (χ0n) is 31.5. The summed E-state index contributed by atoms with van der Waals surface area (Å²) in [5, 5.41) is 0. The highest BCUT2D eigenvalue weighted by molar-refractivity contribution is 5.70. The summed E-state index contributed by atoms with van der Waals surface area (Å²) in [7, 11) is 2.18. The Labute approximate surface area is 296 Å². The molecule has 4 aliphatic carbocycles. The number of esters is 3. The van der Waals surface area contributed by atoms with Crippen molar-refractivity contribution in [1.29, 1.82) is 0 Å². The molecule has 0 heterocycles. The zero-order chi connectivity index (χ0) is 35.8. The van der Waals surface area contributed by atoms with Crippen LogP contribution in [0.1, 0.15) is 124 Å². The molecule has 0 aromatic rings. The van der Waals surface area contributed by atoms with Gasteiger partial charge in [0.2, 0.25) is 0 Å². The summed E-state index contributed by atoms with van der Waals surface area (Å²) >= 11 is 0. The van der Waals surface area contributed by atoms with Gasteiger partial charge >= 0.3 is 17.9 Å². The van der Waals surface area contributed by atoms with E-state index in [0.717, 1.165) is 70.9 Å². The Kier molecular flexibility index (Phi) is 14.8. The number of ether oxygens (including phenoxy) is 3. The van der Waals surface area contributed by atoms with Crippen molar-refractivity contribution in [3.05, 3.63) is 0 Å². The van der Waals surface area contributed by atoms with E-state index in [0.29, 0.717) is 70.0 Å². The van der Waals surface area contributed by atoms with Crippen molar-refractivity contribution in [2.24, 2.45) is 63.5 Å². The van der Waals surface area contributed by atoms with Gasteiger partial charge in [0, 0.05) is 30.6 Å². The summed E-state index contributed by atoms with van der Waals surface area (Å²) in [5.74, 6) is 1.34. The third-order valence-electron chi connectivity index (χ3n) is 13.8. The zero-order valence-corrected chi connectivity index (χ0v) is 31.5. The first-order valence-electron chi connectivity index (χ1n) is 19.8. The minimum absolute atomic E-state index is 0.0390. The minimum atomic E-state index is -0.217. The van der Waals surface area contributed by atoms with Crippen LogP contribution >= 0.6 is 0 Å². The average Bonchev–Trinajstić information content (AvgIpc) is 3.44. The highest BCUT2D eigenvalue weighted by Gasteiger charge is 2.67. The molecule has 0 aromatic heterocycles. The standard InChI is InChI=1S/C39H70N4O6/c1-6-43(5)22-10-11-26(2)29-15-16-30-37-31(25-33(39(29,30)4)49-36(46)14-9-21-42)38(3)18-17-28(47-34(44)12-7-19-40)23-27(38)24-32(37)48-35(45)13-8-20-41/h26-33,37H,6-25,40-42H2,1-5H3/t26-,27?,28-,29-,30+,31+,32-,33+,37?,38+,39-/m1/s1. The second kappa shape index (κ2) is 18.1. The first-order chi connectivity index (χ1) is 23.4. The number of rotatable bonds is 18. The normalized spacial score (nSPS) is 35.9. The molecular weight excluding hydrogens is 620 g/mol. The second-order valence-electron chi connectivity index (χ2n) is 16.6. The third kappa shape index (κ3) is 9.19. The summed E-state index contributed by atoms with van der Waals surface area (Å²) in [6, 6.07) is 0. The topological polar surface area (TPSA) is 160 Å². The third-order valence-corrected chi connectivity index (χ3v) is 13.8. The molecule has 49 heavy (non-hydrogen) atoms. The van der Waals surface area contributed by atoms with Gasteiger partial charge in [0.05, 0.1) is 0 Å². The predicted octanol–water partition coefficient (Wildman–Crippen LogP) is 5.19. The van der Waals surface area contributed by atoms with E-state index < -0.39 is 0 Å². The average molecular weight is 691 g/mol. The quantitative estimate of drug-likeness (QED) is 0.129. The highest BCUT2D eigenvalue weighted by Crippen LogP contribution is 2.69. The van der Waals surface area contributed by atoms with E-state index >= 15 is 0 Å². The molecule has 4 saturated carbocycles. The van der Waals surface area contributed by atoms with Gasteiger partial charge in [-0.1, -0.05) is 27.7 Å². The van der Waals surface area contributed by atoms with Crippen LogP contribution in [0, 0.1) is 46.3 Å². The lowest BCUT2D eigenvalue weighted by molar-refractivity contribution is -0.226. The van der Waals surface area contributed by atoms with Crippen molar-refractivity contribution >= 4 is 17.9 Å². The molecule has 4 aliphatic rings. The number of hydrogen-bond acceptors (Lipinski definition) is 10. The van der Waals surface area contributed by atoms with E-state index in [2.05, 4.69) is 39.6 Å². The summed E-state index contributed by atoms with van der Waals surface area (Å²) in [5.41, 5.74) is 17.0. The van der Waals surface area contributed by atoms with Gasteiger partial charge in [-0.05, 0) is 152 Å². The SMILES string of the molecule is CCN(C)CCC[C@@H](C)[C@H]1CC[C@H]2C3[C@H](OC(=O)CCCN)CC4C[C@H](OC(=O)CCCN)CC[C@]4(C)[C@H]3C[C@H](OC(=O)CCCN)[C@]12C. The van der Waals surface area contributed by atoms with Crippen molar-refractivity contribution < 1.29 is 28.6 Å². The van der Waals surface area contributed by atoms with Gasteiger partial charge in [0.1, 0.15) is 18.3 Å². The maximum atomic E-state index is 13.4. The van der Waals surface area contributed by atoms with Crippen LogP contribution in [0.5, 0.6) is 0 Å². The molecule has 0 spiro atoms. The molecule has 0 bridgehead atoms. The molecule has 4 fully saturated rings. The van der Waals surface area contributed by atoms with E-state index in [1.165, 1.54) is 0 Å². The van der Waals surface area contributed by atoms with Crippen LogP contribution < -0.4 is 17.2 Å². The predicted molar refractivity (Wildman–Crippen MR) is 192 cm³/mol. The first kappa shape index (κ1) is 40.0. The van der Waals surface area contributed by atoms with Crippen LogP contribution in [-0.4, -0.2) is 80.9 Å². The van der Waals surface area contributed by atoms with Gasteiger partial charge in [0.15, 0.2) is 0 Å². The number of nitrogens with zero attached hydrogens (tertiary/aromatic N) is 1. The van der Waals surface area contributed by atoms with Gasteiger partial charge in [-0.3, -0.25) is 14.4 Å². The maximum absolute atomic E-state index is 13.4. The largest absolute Gasteiger partial charge is 0.462 e. The summed E-state index contributed by atoms with van der Waals surface area (Å²) in [6.45, 7) is 12.9. The van der Waals surface area contributed by atoms with E-state index in [1.807, 2.05) is 0 Å². The van der Waals surface area contributed by atoms with Crippen molar-refractivity contribution in [3.63, 3.8) is 0 Å². The lowest BCUT2D eigenvalue weighted by Gasteiger charge is -2.64. The molecule has 0 aromatic carbocycles. The lowest BCUT2D eigenvalue weighted by atomic mass is 9.43. The fourth-order valence-electron chi connectivity index (χ4n) is 10.9. The van der Waals surface area contributed by atoms with Gasteiger partial charge in [-0.15, -0.1) is 0 Å². The Morgan fingerprint density at radius 3 is 2.02 bits per heavy atom. The molecular formula is C39H70N4O6. The van der Waals surface area contributed by atoms with Crippen LogP contribution in [0.2, 0.25) is 0 Å². The number of hydrogen-bond donors (Lipinski definition) is 3. The Hall–Kier alpha value is -1.75. The molecule has 11 atom stereocenters. The molecule has 10 nitrogen and oxygen atoms in total. The monoisotopic (exact) mass is 691 g/mol. The molecule has 0 amide bonds. The van der Waals surface area contributed by atoms with Gasteiger partial charge in [-0.25, -0.2) is 0 Å². The molecule has 4 rings (SSSR count). The fraction of sp³-hybridized carbons (Fsp3) is 0.923. The van der Waals surface area contributed by atoms with Crippen molar-refractivity contribution in [3.8, 4) is 0 Å².